The van der Waals surface area contributed by atoms with Gasteiger partial charge in [-0.05, 0) is 47.0 Å². The topological polar surface area (TPSA) is 68.1 Å². The van der Waals surface area contributed by atoms with Gasteiger partial charge in [0.1, 0.15) is 0 Å². The van der Waals surface area contributed by atoms with Gasteiger partial charge in [-0.25, -0.2) is 0 Å². The van der Waals surface area contributed by atoms with Crippen LogP contribution in [-0.2, 0) is 13.0 Å². The van der Waals surface area contributed by atoms with Crippen LogP contribution < -0.4 is 5.32 Å². The number of aromatic nitrogens is 1. The predicted molar refractivity (Wildman–Crippen MR) is 86.5 cm³/mol. The van der Waals surface area contributed by atoms with Crippen molar-refractivity contribution in [1.29, 1.82) is 0 Å². The Hall–Kier alpha value is -1.95. The van der Waals surface area contributed by atoms with Gasteiger partial charge in [0.2, 0.25) is 0 Å². The molecular formula is C15H16BrN3O2. The predicted octanol–water partition coefficient (Wildman–Crippen LogP) is 4.24. The summed E-state index contributed by atoms with van der Waals surface area (Å²) in [7, 11) is 0. The van der Waals surface area contributed by atoms with E-state index in [2.05, 4.69) is 39.2 Å². The van der Waals surface area contributed by atoms with Crippen LogP contribution in [0.5, 0.6) is 0 Å². The third-order valence-electron chi connectivity index (χ3n) is 3.29. The van der Waals surface area contributed by atoms with Crippen LogP contribution in [0.2, 0.25) is 0 Å². The summed E-state index contributed by atoms with van der Waals surface area (Å²) in [6.07, 6.45) is 2.69. The van der Waals surface area contributed by atoms with Gasteiger partial charge in [-0.15, -0.1) is 0 Å². The fraction of sp³-hybridized carbons (Fsp3) is 0.267. The lowest BCUT2D eigenvalue weighted by molar-refractivity contribution is -0.385. The van der Waals surface area contributed by atoms with E-state index in [0.717, 1.165) is 17.8 Å². The molecule has 2 rings (SSSR count). The molecule has 0 aliphatic rings. The number of benzene rings is 1. The van der Waals surface area contributed by atoms with Crippen LogP contribution in [0, 0.1) is 17.0 Å². The zero-order valence-corrected chi connectivity index (χ0v) is 13.5. The summed E-state index contributed by atoms with van der Waals surface area (Å²) in [4.78, 5) is 14.9. The smallest absolute Gasteiger partial charge is 0.273 e. The number of nitro groups is 1. The average Bonchev–Trinajstić information content (AvgIpc) is 2.47. The second-order valence-electron chi connectivity index (χ2n) is 4.69. The van der Waals surface area contributed by atoms with Gasteiger partial charge >= 0.3 is 0 Å². The summed E-state index contributed by atoms with van der Waals surface area (Å²) < 4.78 is 0.675. The first kappa shape index (κ1) is 15.4. The number of nitrogens with one attached hydrogen (secondary N) is 1. The van der Waals surface area contributed by atoms with Gasteiger partial charge in [0.05, 0.1) is 17.2 Å². The molecule has 1 heterocycles. The van der Waals surface area contributed by atoms with Gasteiger partial charge < -0.3 is 5.32 Å². The van der Waals surface area contributed by atoms with Crippen LogP contribution in [0.25, 0.3) is 0 Å². The number of hydrogen-bond donors (Lipinski definition) is 1. The third kappa shape index (κ3) is 3.58. The second kappa shape index (κ2) is 6.67. The Labute approximate surface area is 131 Å². The molecule has 0 aliphatic carbocycles. The van der Waals surface area contributed by atoms with Crippen molar-refractivity contribution in [3.63, 3.8) is 0 Å². The zero-order valence-electron chi connectivity index (χ0n) is 11.9. The molecule has 1 aromatic heterocycles. The maximum Gasteiger partial charge on any atom is 0.273 e. The van der Waals surface area contributed by atoms with Crippen LogP contribution >= 0.6 is 15.9 Å². The van der Waals surface area contributed by atoms with Crippen LogP contribution in [-0.4, -0.2) is 9.91 Å². The van der Waals surface area contributed by atoms with Gasteiger partial charge in [0.15, 0.2) is 0 Å². The largest absolute Gasteiger partial charge is 0.378 e. The fourth-order valence-electron chi connectivity index (χ4n) is 2.13. The third-order valence-corrected chi connectivity index (χ3v) is 3.95. The molecule has 21 heavy (non-hydrogen) atoms. The van der Waals surface area contributed by atoms with Gasteiger partial charge in [-0.2, -0.15) is 0 Å². The van der Waals surface area contributed by atoms with E-state index in [1.807, 2.05) is 6.07 Å². The van der Waals surface area contributed by atoms with E-state index in [4.69, 9.17) is 0 Å². The normalized spacial score (nSPS) is 10.4. The molecule has 0 bridgehead atoms. The Balaban J connectivity index is 2.21. The summed E-state index contributed by atoms with van der Waals surface area (Å²) >= 11 is 3.37. The van der Waals surface area contributed by atoms with E-state index in [-0.39, 0.29) is 10.6 Å². The van der Waals surface area contributed by atoms with Crippen molar-refractivity contribution in [2.75, 3.05) is 5.32 Å². The summed E-state index contributed by atoms with van der Waals surface area (Å²) in [5.74, 6) is 0. The number of nitrogens with zero attached hydrogens (tertiary/aromatic N) is 2. The summed E-state index contributed by atoms with van der Waals surface area (Å²) in [5, 5.41) is 14.2. The van der Waals surface area contributed by atoms with Crippen molar-refractivity contribution >= 4 is 27.3 Å². The maximum absolute atomic E-state index is 10.9. The maximum atomic E-state index is 10.9. The lowest BCUT2D eigenvalue weighted by Gasteiger charge is -2.11. The quantitative estimate of drug-likeness (QED) is 0.647. The molecule has 0 saturated carbocycles. The molecule has 5 nitrogen and oxygen atoms in total. The molecule has 2 aromatic rings. The molecule has 0 unspecified atom stereocenters. The van der Waals surface area contributed by atoms with Crippen LogP contribution in [0.15, 0.2) is 34.9 Å². The molecule has 1 N–H and O–H groups in total. The van der Waals surface area contributed by atoms with E-state index in [1.165, 1.54) is 11.6 Å². The van der Waals surface area contributed by atoms with Crippen molar-refractivity contribution in [1.82, 2.24) is 4.98 Å². The van der Waals surface area contributed by atoms with Crippen LogP contribution in [0.3, 0.4) is 0 Å². The van der Waals surface area contributed by atoms with Crippen molar-refractivity contribution in [2.45, 2.75) is 26.8 Å². The Morgan fingerprint density at radius 2 is 2.19 bits per heavy atom. The van der Waals surface area contributed by atoms with Crippen LogP contribution in [0.1, 0.15) is 23.7 Å². The molecule has 0 amide bonds. The SMILES string of the molecule is CCc1cccnc1CNc1cc(C)c([N+](=O)[O-])cc1Br. The first-order valence-corrected chi connectivity index (χ1v) is 7.43. The number of halogens is 1. The monoisotopic (exact) mass is 349 g/mol. The number of hydrogen-bond acceptors (Lipinski definition) is 4. The molecule has 0 radical (unpaired) electrons. The number of aryl methyl sites for hydroxylation is 2. The molecule has 1 aromatic carbocycles. The first-order chi connectivity index (χ1) is 10.0. The highest BCUT2D eigenvalue weighted by molar-refractivity contribution is 9.10. The minimum absolute atomic E-state index is 0.111. The van der Waals surface area contributed by atoms with Gasteiger partial charge in [0.25, 0.3) is 5.69 Å². The minimum Gasteiger partial charge on any atom is -0.378 e. The summed E-state index contributed by atoms with van der Waals surface area (Å²) in [6, 6.07) is 7.28. The molecular weight excluding hydrogens is 334 g/mol. The lowest BCUT2D eigenvalue weighted by Crippen LogP contribution is -2.06. The Bertz CT molecular complexity index is 674. The van der Waals surface area contributed by atoms with E-state index < -0.39 is 0 Å². The first-order valence-electron chi connectivity index (χ1n) is 6.64. The number of pyridine rings is 1. The van der Waals surface area contributed by atoms with Crippen LogP contribution in [0.4, 0.5) is 11.4 Å². The highest BCUT2D eigenvalue weighted by Gasteiger charge is 2.14. The Morgan fingerprint density at radius 3 is 2.86 bits per heavy atom. The Morgan fingerprint density at radius 1 is 1.43 bits per heavy atom. The lowest BCUT2D eigenvalue weighted by atomic mass is 10.1. The van der Waals surface area contributed by atoms with Crippen molar-refractivity contribution in [3.8, 4) is 0 Å². The van der Waals surface area contributed by atoms with E-state index in [9.17, 15) is 10.1 Å². The molecule has 0 saturated heterocycles. The highest BCUT2D eigenvalue weighted by atomic mass is 79.9. The summed E-state index contributed by atoms with van der Waals surface area (Å²) in [6.45, 7) is 4.40. The molecule has 6 heteroatoms. The van der Waals surface area contributed by atoms with Crippen molar-refractivity contribution in [3.05, 3.63) is 61.9 Å². The number of rotatable bonds is 5. The fourth-order valence-corrected chi connectivity index (χ4v) is 2.61. The molecule has 0 fully saturated rings. The van der Waals surface area contributed by atoms with E-state index >= 15 is 0 Å². The number of anilines is 1. The van der Waals surface area contributed by atoms with Crippen molar-refractivity contribution < 1.29 is 4.92 Å². The van der Waals surface area contributed by atoms with Gasteiger partial charge in [-0.3, -0.25) is 15.1 Å². The highest BCUT2D eigenvalue weighted by Crippen LogP contribution is 2.30. The van der Waals surface area contributed by atoms with E-state index in [0.29, 0.717) is 16.6 Å². The Kier molecular flexibility index (Phi) is 4.90. The molecule has 110 valence electrons. The average molecular weight is 350 g/mol. The standard InChI is InChI=1S/C15H16BrN3O2/c1-3-11-5-4-6-17-14(11)9-18-13-7-10(2)15(19(20)21)8-12(13)16/h4-8,18H,3,9H2,1-2H3. The second-order valence-corrected chi connectivity index (χ2v) is 5.55. The van der Waals surface area contributed by atoms with Gasteiger partial charge in [0, 0.05) is 28.0 Å². The summed E-state index contributed by atoms with van der Waals surface area (Å²) in [5.41, 5.74) is 3.75. The van der Waals surface area contributed by atoms with E-state index in [1.54, 1.807) is 19.2 Å². The molecule has 0 aliphatic heterocycles. The molecule has 0 atom stereocenters. The number of nitro benzene ring substituents is 1. The minimum atomic E-state index is -0.377. The zero-order chi connectivity index (χ0) is 15.4. The molecule has 0 spiro atoms. The van der Waals surface area contributed by atoms with Gasteiger partial charge in [-0.1, -0.05) is 13.0 Å². The van der Waals surface area contributed by atoms with Crippen molar-refractivity contribution in [2.24, 2.45) is 0 Å².